The second-order valence-electron chi connectivity index (χ2n) is 6.88. The van der Waals surface area contributed by atoms with Crippen LogP contribution in [-0.2, 0) is 16.4 Å². The van der Waals surface area contributed by atoms with Gasteiger partial charge < -0.3 is 9.47 Å². The van der Waals surface area contributed by atoms with Gasteiger partial charge in [-0.2, -0.15) is 8.42 Å². The van der Waals surface area contributed by atoms with Crippen molar-refractivity contribution in [1.82, 2.24) is 10.2 Å². The van der Waals surface area contributed by atoms with E-state index >= 15 is 0 Å². The zero-order valence-electron chi connectivity index (χ0n) is 17.0. The normalized spacial score (nSPS) is 15.5. The molecule has 3 aromatic rings. The van der Waals surface area contributed by atoms with Crippen LogP contribution >= 0.6 is 11.3 Å². The molecule has 1 N–H and O–H groups in total. The molecular formula is C20H20N4O5S2. The number of fused-ring (bicyclic) bond motifs is 1. The molecule has 162 valence electrons. The van der Waals surface area contributed by atoms with E-state index in [0.717, 1.165) is 16.9 Å². The van der Waals surface area contributed by atoms with E-state index in [1.54, 1.807) is 24.3 Å². The zero-order chi connectivity index (χ0) is 22.2. The Labute approximate surface area is 183 Å². The minimum atomic E-state index is -3.91. The van der Waals surface area contributed by atoms with Crippen LogP contribution in [0.1, 0.15) is 22.8 Å². The van der Waals surface area contributed by atoms with E-state index in [1.165, 1.54) is 24.6 Å². The van der Waals surface area contributed by atoms with Gasteiger partial charge in [0.05, 0.1) is 19.9 Å². The van der Waals surface area contributed by atoms with E-state index in [4.69, 9.17) is 9.47 Å². The van der Waals surface area contributed by atoms with E-state index < -0.39 is 15.9 Å². The van der Waals surface area contributed by atoms with Gasteiger partial charge in [-0.25, -0.2) is 0 Å². The summed E-state index contributed by atoms with van der Waals surface area (Å²) in [7, 11) is -0.939. The summed E-state index contributed by atoms with van der Waals surface area (Å²) >= 11 is 0.804. The van der Waals surface area contributed by atoms with Gasteiger partial charge in [0.15, 0.2) is 11.5 Å². The number of benzene rings is 2. The molecule has 2 heterocycles. The summed E-state index contributed by atoms with van der Waals surface area (Å²) in [6.07, 6.45) is 0.622. The van der Waals surface area contributed by atoms with Crippen LogP contribution in [0.15, 0.2) is 46.8 Å². The molecule has 0 saturated heterocycles. The highest BCUT2D eigenvalue weighted by Crippen LogP contribution is 2.37. The monoisotopic (exact) mass is 460 g/mol. The molecule has 11 heteroatoms. The summed E-state index contributed by atoms with van der Waals surface area (Å²) in [5, 5.41) is 10.3. The molecule has 1 aliphatic rings. The Morgan fingerprint density at radius 3 is 2.61 bits per heavy atom. The van der Waals surface area contributed by atoms with Crippen LogP contribution in [0.3, 0.4) is 0 Å². The Kier molecular flexibility index (Phi) is 5.54. The number of carbonyl (C=O) groups is 1. The number of anilines is 2. The second kappa shape index (κ2) is 8.16. The van der Waals surface area contributed by atoms with Crippen molar-refractivity contribution in [1.29, 1.82) is 0 Å². The maximum absolute atomic E-state index is 13.2. The van der Waals surface area contributed by atoms with Crippen molar-refractivity contribution >= 4 is 38.1 Å². The average molecular weight is 461 g/mol. The second-order valence-corrected chi connectivity index (χ2v) is 9.85. The number of nitrogens with zero attached hydrogens (tertiary/aromatic N) is 3. The van der Waals surface area contributed by atoms with Gasteiger partial charge in [-0.15, -0.1) is 10.2 Å². The topological polar surface area (TPSA) is 111 Å². The van der Waals surface area contributed by atoms with Gasteiger partial charge in [0.25, 0.3) is 20.3 Å². The lowest BCUT2D eigenvalue weighted by Gasteiger charge is -2.22. The smallest absolute Gasteiger partial charge is 0.293 e. The SMILES string of the molecule is COc1ccc(C(=O)Nc2nnc(S(=O)(=O)N3c4ccccc4C[C@H]3C)s2)cc1OC. The number of rotatable bonds is 6. The minimum absolute atomic E-state index is 0.0819. The average Bonchev–Trinajstić information content (AvgIpc) is 3.37. The number of hydrogen-bond donors (Lipinski definition) is 1. The Morgan fingerprint density at radius 1 is 1.13 bits per heavy atom. The maximum Gasteiger partial charge on any atom is 0.293 e. The molecule has 31 heavy (non-hydrogen) atoms. The molecule has 0 saturated carbocycles. The van der Waals surface area contributed by atoms with Crippen LogP contribution in [0.25, 0.3) is 0 Å². The number of amides is 1. The third-order valence-corrected chi connectivity index (χ3v) is 8.01. The van der Waals surface area contributed by atoms with Crippen LogP contribution in [0.4, 0.5) is 10.8 Å². The lowest BCUT2D eigenvalue weighted by Crippen LogP contribution is -2.35. The molecule has 4 rings (SSSR count). The molecular weight excluding hydrogens is 440 g/mol. The Balaban J connectivity index is 1.57. The molecule has 1 aliphatic heterocycles. The first-order chi connectivity index (χ1) is 14.8. The number of para-hydroxylation sites is 1. The summed E-state index contributed by atoms with van der Waals surface area (Å²) in [6.45, 7) is 1.85. The van der Waals surface area contributed by atoms with Gasteiger partial charge in [0, 0.05) is 11.6 Å². The van der Waals surface area contributed by atoms with Gasteiger partial charge in [-0.05, 0) is 43.2 Å². The number of nitrogens with one attached hydrogen (secondary N) is 1. The first-order valence-electron chi connectivity index (χ1n) is 9.34. The Bertz CT molecular complexity index is 1240. The highest BCUT2D eigenvalue weighted by atomic mass is 32.2. The molecule has 1 atom stereocenters. The Hall–Kier alpha value is -3.18. The Morgan fingerprint density at radius 2 is 1.87 bits per heavy atom. The van der Waals surface area contributed by atoms with Crippen LogP contribution < -0.4 is 19.1 Å². The molecule has 0 radical (unpaired) electrons. The largest absolute Gasteiger partial charge is 0.493 e. The molecule has 9 nitrogen and oxygen atoms in total. The lowest BCUT2D eigenvalue weighted by molar-refractivity contribution is 0.102. The van der Waals surface area contributed by atoms with Crippen molar-refractivity contribution in [2.75, 3.05) is 23.8 Å². The van der Waals surface area contributed by atoms with Gasteiger partial charge in [0.1, 0.15) is 0 Å². The number of carbonyl (C=O) groups excluding carboxylic acids is 1. The quantitative estimate of drug-likeness (QED) is 0.563. The summed E-state index contributed by atoms with van der Waals surface area (Å²) < 4.78 is 38.0. The van der Waals surface area contributed by atoms with E-state index in [0.29, 0.717) is 29.2 Å². The molecule has 0 aliphatic carbocycles. The van der Waals surface area contributed by atoms with Gasteiger partial charge >= 0.3 is 0 Å². The first-order valence-corrected chi connectivity index (χ1v) is 11.6. The van der Waals surface area contributed by atoms with Crippen molar-refractivity contribution < 1.29 is 22.7 Å². The van der Waals surface area contributed by atoms with Gasteiger partial charge in [-0.1, -0.05) is 29.5 Å². The molecule has 2 aromatic carbocycles. The highest BCUT2D eigenvalue weighted by Gasteiger charge is 2.38. The van der Waals surface area contributed by atoms with Crippen LogP contribution in [0.2, 0.25) is 0 Å². The van der Waals surface area contributed by atoms with Crippen molar-refractivity contribution in [3.63, 3.8) is 0 Å². The van der Waals surface area contributed by atoms with Gasteiger partial charge in [0.2, 0.25) is 5.13 Å². The molecule has 0 spiro atoms. The van der Waals surface area contributed by atoms with E-state index in [1.807, 2.05) is 19.1 Å². The molecule has 0 bridgehead atoms. The molecule has 0 fully saturated rings. The molecule has 1 aromatic heterocycles. The van der Waals surface area contributed by atoms with Crippen LogP contribution in [0.5, 0.6) is 11.5 Å². The van der Waals surface area contributed by atoms with E-state index in [-0.39, 0.29) is 15.5 Å². The van der Waals surface area contributed by atoms with Crippen molar-refractivity contribution in [2.24, 2.45) is 0 Å². The number of sulfonamides is 1. The predicted octanol–water partition coefficient (Wildman–Crippen LogP) is 2.95. The fourth-order valence-electron chi connectivity index (χ4n) is 3.50. The summed E-state index contributed by atoms with van der Waals surface area (Å²) in [5.41, 5.74) is 1.91. The lowest BCUT2D eigenvalue weighted by atomic mass is 10.1. The summed E-state index contributed by atoms with van der Waals surface area (Å²) in [5.74, 6) is 0.418. The molecule has 0 unspecified atom stereocenters. The van der Waals surface area contributed by atoms with Crippen LogP contribution in [-0.4, -0.2) is 44.8 Å². The molecule has 1 amide bonds. The third-order valence-electron chi connectivity index (χ3n) is 4.90. The summed E-state index contributed by atoms with van der Waals surface area (Å²) in [4.78, 5) is 12.6. The highest BCUT2D eigenvalue weighted by molar-refractivity contribution is 7.94. The van der Waals surface area contributed by atoms with Crippen molar-refractivity contribution in [3.8, 4) is 11.5 Å². The van der Waals surface area contributed by atoms with Crippen LogP contribution in [0, 0.1) is 0 Å². The van der Waals surface area contributed by atoms with Gasteiger partial charge in [-0.3, -0.25) is 14.4 Å². The standard InChI is InChI=1S/C20H20N4O5S2/c1-12-10-13-6-4-5-7-15(13)24(12)31(26,27)20-23-22-19(30-20)21-18(25)14-8-9-16(28-2)17(11-14)29-3/h4-9,11-12H,10H2,1-3H3,(H,21,22,25)/t12-/m1/s1. The van der Waals surface area contributed by atoms with E-state index in [9.17, 15) is 13.2 Å². The number of hydrogen-bond acceptors (Lipinski definition) is 8. The third kappa shape index (κ3) is 3.81. The first kappa shape index (κ1) is 21.1. The van der Waals surface area contributed by atoms with E-state index in [2.05, 4.69) is 15.5 Å². The summed E-state index contributed by atoms with van der Waals surface area (Å²) in [6, 6.07) is 11.8. The van der Waals surface area contributed by atoms with Crippen molar-refractivity contribution in [3.05, 3.63) is 53.6 Å². The fourth-order valence-corrected chi connectivity index (χ4v) is 6.17. The predicted molar refractivity (Wildman–Crippen MR) is 117 cm³/mol. The number of methoxy groups -OCH3 is 2. The minimum Gasteiger partial charge on any atom is -0.493 e. The number of ether oxygens (including phenoxy) is 2. The van der Waals surface area contributed by atoms with Crippen molar-refractivity contribution in [2.45, 2.75) is 23.7 Å². The number of aromatic nitrogens is 2. The fraction of sp³-hybridized carbons (Fsp3) is 0.250. The zero-order valence-corrected chi connectivity index (χ0v) is 18.7. The maximum atomic E-state index is 13.2.